The first-order valence-electron chi connectivity index (χ1n) is 8.52. The molecule has 0 unspecified atom stereocenters. The second-order valence-electron chi connectivity index (χ2n) is 6.10. The minimum absolute atomic E-state index is 0.246. The molecule has 0 atom stereocenters. The number of imidazole rings is 1. The fourth-order valence-corrected chi connectivity index (χ4v) is 3.47. The molecule has 26 heavy (non-hydrogen) atoms. The first kappa shape index (κ1) is 17.1. The average Bonchev–Trinajstić information content (AvgIpc) is 3.15. The highest BCUT2D eigenvalue weighted by Gasteiger charge is 2.18. The summed E-state index contributed by atoms with van der Waals surface area (Å²) in [6, 6.07) is 14.8. The van der Waals surface area contributed by atoms with Crippen molar-refractivity contribution in [3.05, 3.63) is 66.1 Å². The van der Waals surface area contributed by atoms with E-state index in [1.165, 1.54) is 22.6 Å². The molecular weight excluding hydrogens is 347 g/mol. The van der Waals surface area contributed by atoms with Crippen molar-refractivity contribution in [3.63, 3.8) is 0 Å². The molecule has 4 rings (SSSR count). The van der Waals surface area contributed by atoms with Crippen LogP contribution >= 0.6 is 11.8 Å². The number of hydrogen-bond donors (Lipinski definition) is 1. The Morgan fingerprint density at radius 1 is 1.04 bits per heavy atom. The lowest BCUT2D eigenvalue weighted by molar-refractivity contribution is 0.161. The number of hydrogen-bond acceptors (Lipinski definition) is 3. The molecule has 0 amide bonds. The lowest BCUT2D eigenvalue weighted by atomic mass is 10.0. The van der Waals surface area contributed by atoms with Crippen LogP contribution in [0.1, 0.15) is 12.1 Å². The summed E-state index contributed by atoms with van der Waals surface area (Å²) in [4.78, 5) is 9.54. The van der Waals surface area contributed by atoms with Gasteiger partial charge in [0.05, 0.1) is 24.6 Å². The van der Waals surface area contributed by atoms with Crippen LogP contribution in [0.3, 0.4) is 0 Å². The third-order valence-electron chi connectivity index (χ3n) is 4.47. The van der Waals surface area contributed by atoms with Gasteiger partial charge in [0.1, 0.15) is 11.6 Å². The average molecular weight is 366 g/mol. The van der Waals surface area contributed by atoms with E-state index in [-0.39, 0.29) is 5.82 Å². The number of aromatic nitrogens is 2. The number of thioether (sulfide) groups is 1. The molecule has 3 aromatic rings. The van der Waals surface area contributed by atoms with E-state index >= 15 is 0 Å². The number of nitrogens with zero attached hydrogens (tertiary/aromatic N) is 1. The lowest BCUT2D eigenvalue weighted by Gasteiger charge is -2.13. The maximum atomic E-state index is 13.3. The van der Waals surface area contributed by atoms with Gasteiger partial charge in [0.25, 0.3) is 0 Å². The van der Waals surface area contributed by atoms with Crippen LogP contribution in [-0.2, 0) is 4.74 Å². The maximum Gasteiger partial charge on any atom is 0.138 e. The third-order valence-corrected chi connectivity index (χ3v) is 5.21. The summed E-state index contributed by atoms with van der Waals surface area (Å²) >= 11 is 1.71. The molecule has 2 aromatic carbocycles. The molecule has 1 aromatic heterocycles. The molecule has 132 valence electrons. The smallest absolute Gasteiger partial charge is 0.138 e. The van der Waals surface area contributed by atoms with E-state index in [1.54, 1.807) is 23.9 Å². The van der Waals surface area contributed by atoms with Gasteiger partial charge in [0.15, 0.2) is 0 Å². The van der Waals surface area contributed by atoms with Crippen molar-refractivity contribution in [2.24, 2.45) is 0 Å². The van der Waals surface area contributed by atoms with Gasteiger partial charge in [0, 0.05) is 16.0 Å². The molecule has 0 saturated carbocycles. The van der Waals surface area contributed by atoms with Crippen LogP contribution in [0.4, 0.5) is 4.39 Å². The topological polar surface area (TPSA) is 37.9 Å². The number of halogens is 1. The minimum atomic E-state index is -0.246. The van der Waals surface area contributed by atoms with Crippen LogP contribution in [0.5, 0.6) is 0 Å². The van der Waals surface area contributed by atoms with Crippen LogP contribution in [0.2, 0.25) is 0 Å². The highest BCUT2D eigenvalue weighted by Crippen LogP contribution is 2.33. The highest BCUT2D eigenvalue weighted by atomic mass is 32.2. The Labute approximate surface area is 156 Å². The molecular formula is C21H19FN2OS. The van der Waals surface area contributed by atoms with Gasteiger partial charge in [0.2, 0.25) is 0 Å². The van der Waals surface area contributed by atoms with Gasteiger partial charge in [-0.25, -0.2) is 9.37 Å². The van der Waals surface area contributed by atoms with Crippen molar-refractivity contribution in [1.82, 2.24) is 9.97 Å². The molecule has 0 saturated heterocycles. The number of aromatic amines is 1. The quantitative estimate of drug-likeness (QED) is 0.628. The largest absolute Gasteiger partial charge is 0.377 e. The minimum Gasteiger partial charge on any atom is -0.377 e. The van der Waals surface area contributed by atoms with Gasteiger partial charge >= 0.3 is 0 Å². The van der Waals surface area contributed by atoms with E-state index in [4.69, 9.17) is 9.72 Å². The van der Waals surface area contributed by atoms with E-state index in [9.17, 15) is 4.39 Å². The Balaban J connectivity index is 1.81. The molecule has 0 aliphatic carbocycles. The molecule has 5 heteroatoms. The van der Waals surface area contributed by atoms with E-state index < -0.39 is 0 Å². The van der Waals surface area contributed by atoms with E-state index in [2.05, 4.69) is 41.6 Å². The Bertz CT molecular complexity index is 930. The predicted molar refractivity (Wildman–Crippen MR) is 105 cm³/mol. The Morgan fingerprint density at radius 3 is 2.42 bits per heavy atom. The normalized spacial score (nSPS) is 14.3. The molecule has 1 aliphatic heterocycles. The van der Waals surface area contributed by atoms with Crippen molar-refractivity contribution in [1.29, 1.82) is 0 Å². The molecule has 3 nitrogen and oxygen atoms in total. The highest BCUT2D eigenvalue weighted by molar-refractivity contribution is 7.98. The van der Waals surface area contributed by atoms with Crippen LogP contribution in [0, 0.1) is 5.82 Å². The molecule has 0 spiro atoms. The van der Waals surface area contributed by atoms with Crippen LogP contribution < -0.4 is 0 Å². The summed E-state index contributed by atoms with van der Waals surface area (Å²) in [6.45, 7) is 1.31. The van der Waals surface area contributed by atoms with Crippen LogP contribution in [0.15, 0.2) is 59.5 Å². The Kier molecular flexibility index (Phi) is 4.91. The Hall–Kier alpha value is -2.37. The zero-order chi connectivity index (χ0) is 17.9. The van der Waals surface area contributed by atoms with Gasteiger partial charge in [-0.05, 0) is 54.6 Å². The summed E-state index contributed by atoms with van der Waals surface area (Å²) in [5, 5.41) is 0. The summed E-state index contributed by atoms with van der Waals surface area (Å²) in [5.41, 5.74) is 4.96. The monoisotopic (exact) mass is 366 g/mol. The predicted octanol–water partition coefficient (Wildman–Crippen LogP) is 5.41. The SMILES string of the molecule is CSc1ccc(-c2nc(-c3ccc(F)cc3)c(C3=CCOCC3)[nH]2)cc1. The standard InChI is InChI=1S/C21H19FN2OS/c1-26-18-8-4-16(5-9-18)21-23-19(14-2-6-17(22)7-3-14)20(24-21)15-10-12-25-13-11-15/h2-10H,11-13H2,1H3,(H,23,24). The summed E-state index contributed by atoms with van der Waals surface area (Å²) in [6.07, 6.45) is 4.98. The van der Waals surface area contributed by atoms with Crippen molar-refractivity contribution in [2.75, 3.05) is 19.5 Å². The molecule has 0 bridgehead atoms. The molecule has 1 aliphatic rings. The number of rotatable bonds is 4. The molecule has 2 heterocycles. The fraction of sp³-hybridized carbons (Fsp3) is 0.190. The van der Waals surface area contributed by atoms with Crippen LogP contribution in [-0.4, -0.2) is 29.4 Å². The summed E-state index contributed by atoms with van der Waals surface area (Å²) in [7, 11) is 0. The van der Waals surface area contributed by atoms with E-state index in [0.717, 1.165) is 34.8 Å². The zero-order valence-electron chi connectivity index (χ0n) is 14.5. The molecule has 0 fully saturated rings. The lowest BCUT2D eigenvalue weighted by Crippen LogP contribution is -2.04. The van der Waals surface area contributed by atoms with Crippen molar-refractivity contribution >= 4 is 17.3 Å². The van der Waals surface area contributed by atoms with Crippen LogP contribution in [0.25, 0.3) is 28.2 Å². The number of ether oxygens (including phenoxy) is 1. The summed E-state index contributed by atoms with van der Waals surface area (Å²) in [5.74, 6) is 0.573. The second kappa shape index (κ2) is 7.48. The van der Waals surface area contributed by atoms with Gasteiger partial charge in [-0.2, -0.15) is 0 Å². The fourth-order valence-electron chi connectivity index (χ4n) is 3.06. The van der Waals surface area contributed by atoms with Gasteiger partial charge in [-0.1, -0.05) is 18.2 Å². The zero-order valence-corrected chi connectivity index (χ0v) is 15.3. The van der Waals surface area contributed by atoms with Crippen molar-refractivity contribution in [3.8, 4) is 22.6 Å². The van der Waals surface area contributed by atoms with Gasteiger partial charge in [-0.15, -0.1) is 11.8 Å². The van der Waals surface area contributed by atoms with E-state index in [0.29, 0.717) is 13.2 Å². The van der Waals surface area contributed by atoms with Crippen molar-refractivity contribution in [2.45, 2.75) is 11.3 Å². The first-order valence-corrected chi connectivity index (χ1v) is 9.74. The first-order chi connectivity index (χ1) is 12.7. The third kappa shape index (κ3) is 3.45. The molecule has 0 radical (unpaired) electrons. The number of benzene rings is 2. The molecule has 1 N–H and O–H groups in total. The number of H-pyrrole nitrogens is 1. The maximum absolute atomic E-state index is 13.3. The summed E-state index contributed by atoms with van der Waals surface area (Å²) < 4.78 is 18.8. The van der Waals surface area contributed by atoms with Crippen molar-refractivity contribution < 1.29 is 9.13 Å². The van der Waals surface area contributed by atoms with Gasteiger partial charge < -0.3 is 9.72 Å². The Morgan fingerprint density at radius 2 is 1.77 bits per heavy atom. The second-order valence-corrected chi connectivity index (χ2v) is 6.98. The van der Waals surface area contributed by atoms with E-state index in [1.807, 2.05) is 0 Å². The number of nitrogens with one attached hydrogen (secondary N) is 1. The van der Waals surface area contributed by atoms with Gasteiger partial charge in [-0.3, -0.25) is 0 Å².